The highest BCUT2D eigenvalue weighted by atomic mass is 79.9. The van der Waals surface area contributed by atoms with Gasteiger partial charge in [-0.25, -0.2) is 9.79 Å². The molecule has 0 amide bonds. The molecular weight excluding hydrogens is 464 g/mol. The molecule has 1 aliphatic heterocycles. The van der Waals surface area contributed by atoms with Crippen molar-refractivity contribution >= 4 is 45.0 Å². The predicted molar refractivity (Wildman–Crippen MR) is 122 cm³/mol. The third-order valence-electron chi connectivity index (χ3n) is 4.82. The highest BCUT2D eigenvalue weighted by molar-refractivity contribution is 9.10. The summed E-state index contributed by atoms with van der Waals surface area (Å²) in [6, 6.07) is 16.8. The molecule has 7 heteroatoms. The van der Waals surface area contributed by atoms with E-state index in [1.807, 2.05) is 60.7 Å². The van der Waals surface area contributed by atoms with Gasteiger partial charge < -0.3 is 4.74 Å². The van der Waals surface area contributed by atoms with Gasteiger partial charge in [0, 0.05) is 10.2 Å². The molecule has 0 spiro atoms. The highest BCUT2D eigenvalue weighted by Gasteiger charge is 2.31. The van der Waals surface area contributed by atoms with Gasteiger partial charge in [-0.1, -0.05) is 69.7 Å². The van der Waals surface area contributed by atoms with E-state index in [2.05, 4.69) is 15.9 Å². The van der Waals surface area contributed by atoms with Gasteiger partial charge in [-0.05, 0) is 43.2 Å². The maximum Gasteiger partial charge on any atom is 0.338 e. The normalized spacial score (nSPS) is 16.2. The first kappa shape index (κ1) is 20.5. The number of aromatic nitrogens is 1. The summed E-state index contributed by atoms with van der Waals surface area (Å²) in [6.07, 6.45) is 1.84. The second kappa shape index (κ2) is 8.53. The van der Waals surface area contributed by atoms with Crippen molar-refractivity contribution in [1.29, 1.82) is 0 Å². The van der Waals surface area contributed by atoms with Crippen molar-refractivity contribution in [3.63, 3.8) is 0 Å². The molecule has 0 saturated heterocycles. The molecule has 0 radical (unpaired) electrons. The average Bonchev–Trinajstić information content (AvgIpc) is 3.06. The molecule has 152 valence electrons. The van der Waals surface area contributed by atoms with Crippen molar-refractivity contribution in [2.75, 3.05) is 6.61 Å². The van der Waals surface area contributed by atoms with Crippen LogP contribution in [0.5, 0.6) is 0 Å². The number of halogens is 1. The standard InChI is InChI=1S/C23H19BrN2O3S/c1-3-29-22(28)19-14(2)26-21(27)18(13-15-9-11-17(24)12-10-15)30-23(26)25-20(19)16-7-5-4-6-8-16/h4-13,20H,3H2,1-2H3/b18-13-/t20-/m0/s1. The van der Waals surface area contributed by atoms with E-state index in [-0.39, 0.29) is 12.2 Å². The lowest BCUT2D eigenvalue weighted by atomic mass is 9.97. The minimum absolute atomic E-state index is 0.188. The topological polar surface area (TPSA) is 60.7 Å². The Hall–Kier alpha value is -2.77. The number of fused-ring (bicyclic) bond motifs is 1. The molecule has 0 fully saturated rings. The molecule has 30 heavy (non-hydrogen) atoms. The van der Waals surface area contributed by atoms with E-state index in [1.165, 1.54) is 15.9 Å². The molecule has 2 aromatic carbocycles. The van der Waals surface area contributed by atoms with E-state index in [9.17, 15) is 9.59 Å². The number of esters is 1. The fourth-order valence-electron chi connectivity index (χ4n) is 3.40. The number of ether oxygens (including phenoxy) is 1. The quantitative estimate of drug-likeness (QED) is 0.533. The van der Waals surface area contributed by atoms with Crippen LogP contribution < -0.4 is 14.9 Å². The van der Waals surface area contributed by atoms with Crippen LogP contribution in [0.4, 0.5) is 0 Å². The Kier molecular flexibility index (Phi) is 5.83. The predicted octanol–water partition coefficient (Wildman–Crippen LogP) is 3.67. The fraction of sp³-hybridized carbons (Fsp3) is 0.174. The van der Waals surface area contributed by atoms with Crippen molar-refractivity contribution < 1.29 is 9.53 Å². The smallest absolute Gasteiger partial charge is 0.338 e. The zero-order valence-corrected chi connectivity index (χ0v) is 18.9. The van der Waals surface area contributed by atoms with Gasteiger partial charge in [-0.2, -0.15) is 0 Å². The molecule has 4 rings (SSSR count). The number of carbonyl (C=O) groups excluding carboxylic acids is 1. The van der Waals surface area contributed by atoms with Crippen molar-refractivity contribution in [2.24, 2.45) is 4.99 Å². The molecule has 1 atom stereocenters. The molecule has 0 N–H and O–H groups in total. The Labute approximate surface area is 185 Å². The van der Waals surface area contributed by atoms with E-state index in [0.717, 1.165) is 15.6 Å². The molecule has 3 aromatic rings. The van der Waals surface area contributed by atoms with Crippen LogP contribution in [0.1, 0.15) is 31.0 Å². The van der Waals surface area contributed by atoms with E-state index >= 15 is 0 Å². The number of allylic oxidation sites excluding steroid dienone is 1. The molecule has 0 bridgehead atoms. The fourth-order valence-corrected chi connectivity index (χ4v) is 4.71. The third kappa shape index (κ3) is 3.82. The Balaban J connectivity index is 1.94. The molecule has 5 nitrogen and oxygen atoms in total. The van der Waals surface area contributed by atoms with Crippen LogP contribution in [-0.4, -0.2) is 17.1 Å². The summed E-state index contributed by atoms with van der Waals surface area (Å²) < 4.78 is 8.34. The summed E-state index contributed by atoms with van der Waals surface area (Å²) in [5.74, 6) is -0.449. The zero-order valence-electron chi connectivity index (χ0n) is 16.5. The van der Waals surface area contributed by atoms with Crippen LogP contribution >= 0.6 is 27.3 Å². The lowest BCUT2D eigenvalue weighted by molar-refractivity contribution is -0.138. The number of benzene rings is 2. The molecular formula is C23H19BrN2O3S. The highest BCUT2D eigenvalue weighted by Crippen LogP contribution is 2.32. The summed E-state index contributed by atoms with van der Waals surface area (Å²) >= 11 is 4.74. The van der Waals surface area contributed by atoms with Crippen molar-refractivity contribution in [1.82, 2.24) is 4.57 Å². The maximum absolute atomic E-state index is 13.2. The maximum atomic E-state index is 13.2. The number of thiazole rings is 1. The first-order chi connectivity index (χ1) is 14.5. The Bertz CT molecular complexity index is 1310. The van der Waals surface area contributed by atoms with E-state index in [1.54, 1.807) is 13.8 Å². The lowest BCUT2D eigenvalue weighted by Gasteiger charge is -2.22. The summed E-state index contributed by atoms with van der Waals surface area (Å²) in [4.78, 5) is 31.3. The lowest BCUT2D eigenvalue weighted by Crippen LogP contribution is -2.35. The minimum atomic E-state index is -0.510. The second-order valence-corrected chi connectivity index (χ2v) is 8.67. The number of hydrogen-bond donors (Lipinski definition) is 0. The largest absolute Gasteiger partial charge is 0.463 e. The molecule has 0 aliphatic carbocycles. The minimum Gasteiger partial charge on any atom is -0.463 e. The van der Waals surface area contributed by atoms with Crippen molar-refractivity contribution in [3.05, 3.63) is 95.5 Å². The summed E-state index contributed by atoms with van der Waals surface area (Å²) in [5, 5.41) is 0. The molecule has 0 unspecified atom stereocenters. The molecule has 0 saturated carbocycles. The Morgan fingerprint density at radius 2 is 1.90 bits per heavy atom. The van der Waals surface area contributed by atoms with Gasteiger partial charge >= 0.3 is 5.97 Å². The summed E-state index contributed by atoms with van der Waals surface area (Å²) in [5.41, 5.74) is 2.56. The van der Waals surface area contributed by atoms with Gasteiger partial charge in [0.2, 0.25) is 0 Å². The van der Waals surface area contributed by atoms with Crippen LogP contribution in [0, 0.1) is 0 Å². The molecule has 2 heterocycles. The Morgan fingerprint density at radius 3 is 2.57 bits per heavy atom. The van der Waals surface area contributed by atoms with Gasteiger partial charge in [-0.3, -0.25) is 9.36 Å². The number of rotatable bonds is 4. The number of nitrogens with zero attached hydrogens (tertiary/aromatic N) is 2. The van der Waals surface area contributed by atoms with Gasteiger partial charge in [0.1, 0.15) is 6.04 Å². The number of carbonyl (C=O) groups is 1. The van der Waals surface area contributed by atoms with Gasteiger partial charge in [-0.15, -0.1) is 0 Å². The van der Waals surface area contributed by atoms with Crippen LogP contribution in [0.3, 0.4) is 0 Å². The van der Waals surface area contributed by atoms with E-state index in [4.69, 9.17) is 9.73 Å². The van der Waals surface area contributed by atoms with Crippen LogP contribution in [0.15, 0.2) is 74.4 Å². The average molecular weight is 483 g/mol. The monoisotopic (exact) mass is 482 g/mol. The first-order valence-electron chi connectivity index (χ1n) is 9.49. The SMILES string of the molecule is CCOC(=O)C1=C(C)n2c(s/c(=C\c3ccc(Br)cc3)c2=O)=N[C@H]1c1ccccc1. The molecule has 1 aromatic heterocycles. The van der Waals surface area contributed by atoms with E-state index in [0.29, 0.717) is 20.6 Å². The van der Waals surface area contributed by atoms with Crippen molar-refractivity contribution in [2.45, 2.75) is 19.9 Å². The van der Waals surface area contributed by atoms with Gasteiger partial charge in [0.05, 0.1) is 16.7 Å². The Morgan fingerprint density at radius 1 is 1.20 bits per heavy atom. The van der Waals surface area contributed by atoms with Crippen molar-refractivity contribution in [3.8, 4) is 0 Å². The number of hydrogen-bond acceptors (Lipinski definition) is 5. The first-order valence-corrected chi connectivity index (χ1v) is 11.1. The van der Waals surface area contributed by atoms with Gasteiger partial charge in [0.15, 0.2) is 4.80 Å². The van der Waals surface area contributed by atoms with Crippen LogP contribution in [-0.2, 0) is 9.53 Å². The molecule has 1 aliphatic rings. The van der Waals surface area contributed by atoms with Gasteiger partial charge in [0.25, 0.3) is 5.56 Å². The van der Waals surface area contributed by atoms with Crippen LogP contribution in [0.25, 0.3) is 11.8 Å². The summed E-state index contributed by atoms with van der Waals surface area (Å²) in [7, 11) is 0. The summed E-state index contributed by atoms with van der Waals surface area (Å²) in [6.45, 7) is 3.79. The van der Waals surface area contributed by atoms with Crippen LogP contribution in [0.2, 0.25) is 0 Å². The second-order valence-electron chi connectivity index (χ2n) is 6.75. The van der Waals surface area contributed by atoms with E-state index < -0.39 is 12.0 Å². The zero-order chi connectivity index (χ0) is 21.3. The third-order valence-corrected chi connectivity index (χ3v) is 6.33.